The van der Waals surface area contributed by atoms with Crippen LogP contribution >= 0.6 is 23.4 Å². The molecule has 0 aliphatic carbocycles. The van der Waals surface area contributed by atoms with Crippen molar-refractivity contribution in [2.75, 3.05) is 5.75 Å². The summed E-state index contributed by atoms with van der Waals surface area (Å²) in [6.07, 6.45) is 0. The van der Waals surface area contributed by atoms with Gasteiger partial charge in [0, 0.05) is 10.6 Å². The highest BCUT2D eigenvalue weighted by Gasteiger charge is 2.25. The molecule has 1 unspecified atom stereocenters. The number of aromatic carboxylic acids is 1. The lowest BCUT2D eigenvalue weighted by atomic mass is 9.95. The number of aliphatic hydroxyl groups is 1. The fourth-order valence-electron chi connectivity index (χ4n) is 1.15. The van der Waals surface area contributed by atoms with Gasteiger partial charge in [0.05, 0.1) is 16.2 Å². The fraction of sp³-hybridized carbons (Fsp3) is 0.462. The highest BCUT2D eigenvalue weighted by atomic mass is 35.5. The Balaban J connectivity index is 2.81. The zero-order chi connectivity index (χ0) is 13.9. The van der Waals surface area contributed by atoms with Crippen LogP contribution in [0.5, 0.6) is 0 Å². The van der Waals surface area contributed by atoms with Crippen molar-refractivity contribution in [2.24, 2.45) is 5.92 Å². The molecule has 5 heteroatoms. The van der Waals surface area contributed by atoms with Crippen LogP contribution in [-0.4, -0.2) is 27.5 Å². The lowest BCUT2D eigenvalue weighted by Gasteiger charge is -2.27. The van der Waals surface area contributed by atoms with Gasteiger partial charge in [0.2, 0.25) is 0 Å². The molecular weight excluding hydrogens is 272 g/mol. The summed E-state index contributed by atoms with van der Waals surface area (Å²) in [6.45, 7) is 5.68. The largest absolute Gasteiger partial charge is 0.478 e. The van der Waals surface area contributed by atoms with Crippen molar-refractivity contribution in [3.63, 3.8) is 0 Å². The molecule has 0 amide bonds. The summed E-state index contributed by atoms with van der Waals surface area (Å²) in [6, 6.07) is 4.86. The average molecular weight is 289 g/mol. The van der Waals surface area contributed by atoms with Gasteiger partial charge in [-0.25, -0.2) is 4.79 Å². The van der Waals surface area contributed by atoms with Crippen molar-refractivity contribution in [3.05, 3.63) is 28.8 Å². The van der Waals surface area contributed by atoms with E-state index in [1.807, 2.05) is 13.8 Å². The van der Waals surface area contributed by atoms with E-state index < -0.39 is 11.6 Å². The monoisotopic (exact) mass is 288 g/mol. The number of carboxylic acids is 1. The third-order valence-corrected chi connectivity index (χ3v) is 4.59. The van der Waals surface area contributed by atoms with Crippen LogP contribution in [0.15, 0.2) is 23.1 Å². The topological polar surface area (TPSA) is 57.5 Å². The fourth-order valence-corrected chi connectivity index (χ4v) is 2.51. The first-order chi connectivity index (χ1) is 8.24. The second-order valence-corrected chi connectivity index (χ2v) is 6.20. The van der Waals surface area contributed by atoms with E-state index in [1.54, 1.807) is 19.1 Å². The summed E-state index contributed by atoms with van der Waals surface area (Å²) in [4.78, 5) is 11.7. The van der Waals surface area contributed by atoms with Crippen LogP contribution in [0.25, 0.3) is 0 Å². The molecule has 1 aromatic carbocycles. The minimum absolute atomic E-state index is 0.0888. The zero-order valence-electron chi connectivity index (χ0n) is 10.6. The van der Waals surface area contributed by atoms with Gasteiger partial charge in [-0.15, -0.1) is 11.8 Å². The van der Waals surface area contributed by atoms with E-state index in [9.17, 15) is 9.90 Å². The molecule has 0 aliphatic rings. The molecule has 0 spiro atoms. The van der Waals surface area contributed by atoms with Gasteiger partial charge in [-0.2, -0.15) is 0 Å². The van der Waals surface area contributed by atoms with Crippen LogP contribution in [0.4, 0.5) is 0 Å². The Morgan fingerprint density at radius 3 is 2.61 bits per heavy atom. The number of benzene rings is 1. The summed E-state index contributed by atoms with van der Waals surface area (Å²) in [5.41, 5.74) is -0.695. The van der Waals surface area contributed by atoms with Crippen LogP contribution in [0.3, 0.4) is 0 Å². The molecule has 1 atom stereocenters. The predicted molar refractivity (Wildman–Crippen MR) is 74.6 cm³/mol. The van der Waals surface area contributed by atoms with E-state index in [0.29, 0.717) is 5.75 Å². The van der Waals surface area contributed by atoms with E-state index in [4.69, 9.17) is 16.7 Å². The van der Waals surface area contributed by atoms with Crippen molar-refractivity contribution in [1.82, 2.24) is 0 Å². The van der Waals surface area contributed by atoms with Gasteiger partial charge in [-0.1, -0.05) is 25.4 Å². The number of carbonyl (C=O) groups is 1. The molecule has 0 bridgehead atoms. The second kappa shape index (κ2) is 5.95. The number of rotatable bonds is 5. The molecule has 0 saturated carbocycles. The maximum absolute atomic E-state index is 10.9. The first-order valence-corrected chi connectivity index (χ1v) is 6.98. The lowest BCUT2D eigenvalue weighted by Crippen LogP contribution is -2.33. The number of thioether (sulfide) groups is 1. The normalized spacial score (nSPS) is 14.6. The van der Waals surface area contributed by atoms with E-state index >= 15 is 0 Å². The molecule has 2 N–H and O–H groups in total. The molecule has 3 nitrogen and oxygen atoms in total. The Morgan fingerprint density at radius 2 is 2.11 bits per heavy atom. The van der Waals surface area contributed by atoms with E-state index in [2.05, 4.69) is 0 Å². The molecule has 0 saturated heterocycles. The Kier molecular flexibility index (Phi) is 5.08. The SMILES string of the molecule is CC(C)C(C)(O)CSc1ccc(Cl)c(C(=O)O)c1. The highest BCUT2D eigenvalue weighted by Crippen LogP contribution is 2.29. The van der Waals surface area contributed by atoms with Gasteiger partial charge < -0.3 is 10.2 Å². The Labute approximate surface area is 116 Å². The molecular formula is C13H17ClO3S. The predicted octanol–water partition coefficient (Wildman–Crippen LogP) is 3.54. The van der Waals surface area contributed by atoms with Gasteiger partial charge in [-0.3, -0.25) is 0 Å². The van der Waals surface area contributed by atoms with Crippen LogP contribution in [-0.2, 0) is 0 Å². The van der Waals surface area contributed by atoms with Gasteiger partial charge >= 0.3 is 5.97 Å². The number of hydrogen-bond donors (Lipinski definition) is 2. The smallest absolute Gasteiger partial charge is 0.337 e. The highest BCUT2D eigenvalue weighted by molar-refractivity contribution is 7.99. The van der Waals surface area contributed by atoms with Gasteiger partial charge in [0.1, 0.15) is 0 Å². The molecule has 1 rings (SSSR count). The summed E-state index contributed by atoms with van der Waals surface area (Å²) in [7, 11) is 0. The van der Waals surface area contributed by atoms with Crippen molar-refractivity contribution in [2.45, 2.75) is 31.3 Å². The number of carboxylic acid groups (broad SMARTS) is 1. The van der Waals surface area contributed by atoms with Crippen LogP contribution in [0, 0.1) is 5.92 Å². The van der Waals surface area contributed by atoms with Crippen molar-refractivity contribution >= 4 is 29.3 Å². The Hall–Kier alpha value is -0.710. The standard InChI is InChI=1S/C13H17ClO3S/c1-8(2)13(3,17)7-18-9-4-5-11(14)10(6-9)12(15)16/h4-6,8,17H,7H2,1-3H3,(H,15,16). The summed E-state index contributed by atoms with van der Waals surface area (Å²) in [5.74, 6) is -0.403. The summed E-state index contributed by atoms with van der Waals surface area (Å²) in [5, 5.41) is 19.3. The molecule has 1 aromatic rings. The maximum atomic E-state index is 10.9. The van der Waals surface area contributed by atoms with Crippen molar-refractivity contribution < 1.29 is 15.0 Å². The molecule has 0 aromatic heterocycles. The van der Waals surface area contributed by atoms with E-state index in [0.717, 1.165) is 4.90 Å². The Bertz CT molecular complexity index is 444. The van der Waals surface area contributed by atoms with E-state index in [-0.39, 0.29) is 16.5 Å². The van der Waals surface area contributed by atoms with Crippen molar-refractivity contribution in [1.29, 1.82) is 0 Å². The van der Waals surface area contributed by atoms with Gasteiger partial charge in [0.25, 0.3) is 0 Å². The van der Waals surface area contributed by atoms with Gasteiger partial charge in [0.15, 0.2) is 0 Å². The second-order valence-electron chi connectivity index (χ2n) is 4.75. The molecule has 0 fully saturated rings. The van der Waals surface area contributed by atoms with E-state index in [1.165, 1.54) is 17.8 Å². The maximum Gasteiger partial charge on any atom is 0.337 e. The zero-order valence-corrected chi connectivity index (χ0v) is 12.2. The number of halogens is 1. The van der Waals surface area contributed by atoms with Gasteiger partial charge in [-0.05, 0) is 31.0 Å². The van der Waals surface area contributed by atoms with Crippen LogP contribution in [0.1, 0.15) is 31.1 Å². The van der Waals surface area contributed by atoms with Crippen molar-refractivity contribution in [3.8, 4) is 0 Å². The minimum Gasteiger partial charge on any atom is -0.478 e. The first-order valence-electron chi connectivity index (χ1n) is 5.62. The average Bonchev–Trinajstić information content (AvgIpc) is 2.27. The Morgan fingerprint density at radius 1 is 1.50 bits per heavy atom. The van der Waals surface area contributed by atoms with Crippen LogP contribution < -0.4 is 0 Å². The molecule has 0 heterocycles. The minimum atomic E-state index is -1.04. The third kappa shape index (κ3) is 3.90. The third-order valence-electron chi connectivity index (χ3n) is 2.94. The molecule has 18 heavy (non-hydrogen) atoms. The summed E-state index contributed by atoms with van der Waals surface area (Å²) < 4.78 is 0. The molecule has 0 aliphatic heterocycles. The lowest BCUT2D eigenvalue weighted by molar-refractivity contribution is 0.0376. The molecule has 100 valence electrons. The summed E-state index contributed by atoms with van der Waals surface area (Å²) >= 11 is 7.22. The van der Waals surface area contributed by atoms with Crippen LogP contribution in [0.2, 0.25) is 5.02 Å². The first kappa shape index (κ1) is 15.3. The number of hydrogen-bond acceptors (Lipinski definition) is 3. The quantitative estimate of drug-likeness (QED) is 0.814. The molecule has 0 radical (unpaired) electrons.